The van der Waals surface area contributed by atoms with Crippen LogP contribution in [0.25, 0.3) is 0 Å². The fourth-order valence-corrected chi connectivity index (χ4v) is 3.32. The second-order valence-corrected chi connectivity index (χ2v) is 6.87. The molecule has 0 radical (unpaired) electrons. The second-order valence-electron chi connectivity index (χ2n) is 6.87. The maximum absolute atomic E-state index is 12.6. The van der Waals surface area contributed by atoms with E-state index in [1.54, 1.807) is 60.5 Å². The zero-order valence-corrected chi connectivity index (χ0v) is 16.9. The maximum atomic E-state index is 12.6. The first-order chi connectivity index (χ1) is 15.1. The fourth-order valence-electron chi connectivity index (χ4n) is 3.32. The first kappa shape index (κ1) is 20.3. The highest BCUT2D eigenvalue weighted by atomic mass is 16.6. The van der Waals surface area contributed by atoms with E-state index < -0.39 is 6.09 Å². The van der Waals surface area contributed by atoms with Gasteiger partial charge < -0.3 is 10.1 Å². The van der Waals surface area contributed by atoms with E-state index in [0.29, 0.717) is 22.4 Å². The van der Waals surface area contributed by atoms with Crippen molar-refractivity contribution in [3.8, 4) is 0 Å². The molecule has 1 aliphatic heterocycles. The Balaban J connectivity index is 1.57. The van der Waals surface area contributed by atoms with Crippen LogP contribution in [-0.2, 0) is 17.8 Å². The Kier molecular flexibility index (Phi) is 5.76. The third-order valence-corrected chi connectivity index (χ3v) is 4.78. The predicted molar refractivity (Wildman–Crippen MR) is 112 cm³/mol. The number of amides is 2. The number of benzene rings is 2. The maximum Gasteiger partial charge on any atom is 0.435 e. The molecule has 0 fully saturated rings. The minimum atomic E-state index is -0.643. The van der Waals surface area contributed by atoms with Gasteiger partial charge in [0.15, 0.2) is 5.82 Å². The van der Waals surface area contributed by atoms with E-state index in [-0.39, 0.29) is 37.3 Å². The van der Waals surface area contributed by atoms with E-state index in [1.807, 2.05) is 12.1 Å². The van der Waals surface area contributed by atoms with Gasteiger partial charge in [0.05, 0.1) is 18.8 Å². The SMILES string of the molecule is CCOC(=O)n1nc(NC(=O)c2ccccc2)c2c1CN(NC(=O)c1ccccc1)C2. The molecular weight excluding hydrogens is 398 g/mol. The lowest BCUT2D eigenvalue weighted by molar-refractivity contribution is 0.0780. The number of nitrogens with zero attached hydrogens (tertiary/aromatic N) is 3. The molecule has 0 bridgehead atoms. The molecule has 0 aliphatic carbocycles. The average molecular weight is 419 g/mol. The van der Waals surface area contributed by atoms with Gasteiger partial charge in [0.2, 0.25) is 0 Å². The summed E-state index contributed by atoms with van der Waals surface area (Å²) in [6.07, 6.45) is -0.643. The number of fused-ring (bicyclic) bond motifs is 1. The lowest BCUT2D eigenvalue weighted by Gasteiger charge is -2.17. The van der Waals surface area contributed by atoms with E-state index >= 15 is 0 Å². The van der Waals surface area contributed by atoms with Crippen LogP contribution in [0.15, 0.2) is 60.7 Å². The van der Waals surface area contributed by atoms with E-state index in [4.69, 9.17) is 4.74 Å². The number of rotatable bonds is 5. The molecule has 0 saturated carbocycles. The summed E-state index contributed by atoms with van der Waals surface area (Å²) >= 11 is 0. The summed E-state index contributed by atoms with van der Waals surface area (Å²) in [7, 11) is 0. The van der Waals surface area contributed by atoms with Crippen molar-refractivity contribution in [3.63, 3.8) is 0 Å². The number of hydrazine groups is 1. The monoisotopic (exact) mass is 419 g/mol. The Labute approximate surface area is 178 Å². The normalized spacial score (nSPS) is 12.8. The molecular formula is C22H21N5O4. The first-order valence-corrected chi connectivity index (χ1v) is 9.82. The van der Waals surface area contributed by atoms with Gasteiger partial charge >= 0.3 is 6.09 Å². The van der Waals surface area contributed by atoms with Crippen LogP contribution in [-0.4, -0.2) is 39.3 Å². The van der Waals surface area contributed by atoms with Gasteiger partial charge in [-0.25, -0.2) is 9.80 Å². The van der Waals surface area contributed by atoms with E-state index in [0.717, 1.165) is 4.68 Å². The summed E-state index contributed by atoms with van der Waals surface area (Å²) < 4.78 is 6.22. The molecule has 3 aromatic rings. The smallest absolute Gasteiger partial charge is 0.435 e. The van der Waals surface area contributed by atoms with Crippen molar-refractivity contribution >= 4 is 23.7 Å². The standard InChI is InChI=1S/C22H21N5O4/c1-2-31-22(30)27-18-14-26(25-21(29)16-11-7-4-8-12-16)13-17(18)19(24-27)23-20(28)15-9-5-3-6-10-15/h3-12H,2,13-14H2,1H3,(H,25,29)(H,23,24,28). The number of ether oxygens (including phenoxy) is 1. The van der Waals surface area contributed by atoms with Gasteiger partial charge in [0.1, 0.15) is 0 Å². The number of aromatic nitrogens is 2. The van der Waals surface area contributed by atoms with Crippen LogP contribution in [0.5, 0.6) is 0 Å². The Bertz CT molecular complexity index is 1110. The zero-order valence-electron chi connectivity index (χ0n) is 16.9. The molecule has 2 heterocycles. The fraction of sp³-hybridized carbons (Fsp3) is 0.182. The Morgan fingerprint density at radius 3 is 2.16 bits per heavy atom. The molecule has 1 aliphatic rings. The summed E-state index contributed by atoms with van der Waals surface area (Å²) in [6.45, 7) is 2.40. The quantitative estimate of drug-likeness (QED) is 0.659. The van der Waals surface area contributed by atoms with E-state index in [1.165, 1.54) is 0 Å². The van der Waals surface area contributed by atoms with Gasteiger partial charge in [-0.05, 0) is 31.2 Å². The summed E-state index contributed by atoms with van der Waals surface area (Å²) in [5.74, 6) is -0.353. The van der Waals surface area contributed by atoms with Gasteiger partial charge in [-0.1, -0.05) is 36.4 Å². The minimum Gasteiger partial charge on any atom is -0.448 e. The summed E-state index contributed by atoms with van der Waals surface area (Å²) in [5.41, 5.74) is 5.01. The molecule has 1 aromatic heterocycles. The van der Waals surface area contributed by atoms with Crippen LogP contribution in [0.4, 0.5) is 10.6 Å². The highest BCUT2D eigenvalue weighted by Crippen LogP contribution is 2.29. The van der Waals surface area contributed by atoms with Crippen LogP contribution < -0.4 is 10.7 Å². The van der Waals surface area contributed by atoms with Gasteiger partial charge in [0.25, 0.3) is 11.8 Å². The summed E-state index contributed by atoms with van der Waals surface area (Å²) in [5, 5.41) is 8.68. The number of anilines is 1. The molecule has 31 heavy (non-hydrogen) atoms. The van der Waals surface area contributed by atoms with Gasteiger partial charge in [-0.2, -0.15) is 4.68 Å². The summed E-state index contributed by atoms with van der Waals surface area (Å²) in [4.78, 5) is 37.5. The lowest BCUT2D eigenvalue weighted by Crippen LogP contribution is -2.39. The molecule has 2 N–H and O–H groups in total. The van der Waals surface area contributed by atoms with Crippen LogP contribution in [0, 0.1) is 0 Å². The van der Waals surface area contributed by atoms with Crippen molar-refractivity contribution in [3.05, 3.63) is 83.0 Å². The molecule has 0 atom stereocenters. The molecule has 4 rings (SSSR count). The zero-order chi connectivity index (χ0) is 21.8. The molecule has 158 valence electrons. The number of carbonyl (C=O) groups is 3. The largest absolute Gasteiger partial charge is 0.448 e. The number of nitrogens with one attached hydrogen (secondary N) is 2. The molecule has 0 unspecified atom stereocenters. The third-order valence-electron chi connectivity index (χ3n) is 4.78. The molecule has 0 spiro atoms. The third kappa shape index (κ3) is 4.31. The minimum absolute atomic E-state index is 0.188. The van der Waals surface area contributed by atoms with Crippen molar-refractivity contribution in [2.24, 2.45) is 0 Å². The molecule has 2 aromatic carbocycles. The second kappa shape index (κ2) is 8.80. The topological polar surface area (TPSA) is 106 Å². The van der Waals surface area contributed by atoms with Crippen molar-refractivity contribution in [1.82, 2.24) is 20.2 Å². The van der Waals surface area contributed by atoms with Crippen LogP contribution in [0.1, 0.15) is 38.9 Å². The Morgan fingerprint density at radius 2 is 1.55 bits per heavy atom. The predicted octanol–water partition coefficient (Wildman–Crippen LogP) is 2.80. The summed E-state index contributed by atoms with van der Waals surface area (Å²) in [6, 6.07) is 17.5. The number of carbonyl (C=O) groups excluding carboxylic acids is 3. The van der Waals surface area contributed by atoms with E-state index in [2.05, 4.69) is 15.8 Å². The van der Waals surface area contributed by atoms with Crippen LogP contribution >= 0.6 is 0 Å². The van der Waals surface area contributed by atoms with Crippen molar-refractivity contribution in [2.45, 2.75) is 20.0 Å². The van der Waals surface area contributed by atoms with Gasteiger partial charge in [-0.3, -0.25) is 15.0 Å². The van der Waals surface area contributed by atoms with Gasteiger partial charge in [0, 0.05) is 23.2 Å². The number of hydrogen-bond donors (Lipinski definition) is 2. The molecule has 2 amide bonds. The average Bonchev–Trinajstić information content (AvgIpc) is 3.34. The van der Waals surface area contributed by atoms with Crippen LogP contribution in [0.3, 0.4) is 0 Å². The van der Waals surface area contributed by atoms with Crippen molar-refractivity contribution in [2.75, 3.05) is 11.9 Å². The lowest BCUT2D eigenvalue weighted by atomic mass is 10.2. The highest BCUT2D eigenvalue weighted by Gasteiger charge is 2.32. The molecule has 0 saturated heterocycles. The van der Waals surface area contributed by atoms with Gasteiger partial charge in [-0.15, -0.1) is 5.10 Å². The Morgan fingerprint density at radius 1 is 0.935 bits per heavy atom. The van der Waals surface area contributed by atoms with Crippen LogP contribution in [0.2, 0.25) is 0 Å². The number of hydrogen-bond acceptors (Lipinski definition) is 6. The first-order valence-electron chi connectivity index (χ1n) is 9.82. The van der Waals surface area contributed by atoms with Crippen molar-refractivity contribution < 1.29 is 19.1 Å². The highest BCUT2D eigenvalue weighted by molar-refractivity contribution is 6.04. The molecule has 9 heteroatoms. The molecule has 9 nitrogen and oxygen atoms in total. The Hall–Kier alpha value is -3.98. The van der Waals surface area contributed by atoms with Crippen molar-refractivity contribution in [1.29, 1.82) is 0 Å². The van der Waals surface area contributed by atoms with E-state index in [9.17, 15) is 14.4 Å².